The largest absolute Gasteiger partial charge is 0.480 e. The highest BCUT2D eigenvalue weighted by Crippen LogP contribution is 2.44. The van der Waals surface area contributed by atoms with Crippen LogP contribution >= 0.6 is 0 Å². The van der Waals surface area contributed by atoms with Crippen molar-refractivity contribution in [3.8, 4) is 11.1 Å². The third-order valence-corrected chi connectivity index (χ3v) is 6.20. The zero-order valence-corrected chi connectivity index (χ0v) is 19.7. The standard InChI is InChI=1S/C26H28N4O5/c1-3-4-13-22(25(32)33)28-24(31)20-14-27-30(2)23(20)29-26(34)35-15-21-18-11-7-5-9-16(18)17-10-6-8-12-19(17)21/h5-12,14,21-22H,3-4,13,15H2,1-2H3,(H,28,31)(H,29,34)(H,32,33)/t22-/m0/s1. The second kappa shape index (κ2) is 10.4. The number of nitrogens with one attached hydrogen (secondary N) is 2. The van der Waals surface area contributed by atoms with E-state index in [1.54, 1.807) is 7.05 Å². The number of carboxylic acid groups (broad SMARTS) is 1. The summed E-state index contributed by atoms with van der Waals surface area (Å²) in [6.45, 7) is 2.07. The molecule has 35 heavy (non-hydrogen) atoms. The second-order valence-electron chi connectivity index (χ2n) is 8.49. The molecule has 4 rings (SSSR count). The first-order valence-electron chi connectivity index (χ1n) is 11.6. The number of hydrogen-bond donors (Lipinski definition) is 3. The number of carbonyl (C=O) groups is 3. The van der Waals surface area contributed by atoms with E-state index in [2.05, 4.69) is 27.9 Å². The molecule has 0 unspecified atom stereocenters. The van der Waals surface area contributed by atoms with E-state index in [4.69, 9.17) is 4.74 Å². The number of anilines is 1. The number of benzene rings is 2. The van der Waals surface area contributed by atoms with E-state index in [0.29, 0.717) is 12.8 Å². The van der Waals surface area contributed by atoms with E-state index >= 15 is 0 Å². The fourth-order valence-corrected chi connectivity index (χ4v) is 4.38. The van der Waals surface area contributed by atoms with Crippen LogP contribution < -0.4 is 10.6 Å². The van der Waals surface area contributed by atoms with Gasteiger partial charge in [-0.3, -0.25) is 14.8 Å². The molecule has 3 aromatic rings. The lowest BCUT2D eigenvalue weighted by atomic mass is 9.98. The lowest BCUT2D eigenvalue weighted by Crippen LogP contribution is -2.41. The quantitative estimate of drug-likeness (QED) is 0.426. The van der Waals surface area contributed by atoms with Gasteiger partial charge in [0.2, 0.25) is 0 Å². The first-order valence-corrected chi connectivity index (χ1v) is 11.6. The number of aromatic nitrogens is 2. The third kappa shape index (κ3) is 5.03. The van der Waals surface area contributed by atoms with Gasteiger partial charge in [0.1, 0.15) is 24.0 Å². The highest BCUT2D eigenvalue weighted by Gasteiger charge is 2.29. The summed E-state index contributed by atoms with van der Waals surface area (Å²) < 4.78 is 6.89. The molecule has 2 amide bonds. The Bertz CT molecular complexity index is 1210. The summed E-state index contributed by atoms with van der Waals surface area (Å²) in [7, 11) is 1.57. The zero-order chi connectivity index (χ0) is 24.9. The minimum absolute atomic E-state index is 0.0590. The van der Waals surface area contributed by atoms with Crippen molar-refractivity contribution in [3.63, 3.8) is 0 Å². The van der Waals surface area contributed by atoms with Crippen LogP contribution in [-0.4, -0.2) is 45.5 Å². The molecule has 0 saturated heterocycles. The lowest BCUT2D eigenvalue weighted by molar-refractivity contribution is -0.139. The molecule has 9 nitrogen and oxygen atoms in total. The van der Waals surface area contributed by atoms with E-state index in [1.165, 1.54) is 10.9 Å². The first kappa shape index (κ1) is 24.0. The molecule has 1 aliphatic rings. The Kier molecular flexibility index (Phi) is 7.14. The maximum Gasteiger partial charge on any atom is 0.412 e. The fourth-order valence-electron chi connectivity index (χ4n) is 4.38. The van der Waals surface area contributed by atoms with Gasteiger partial charge in [-0.05, 0) is 28.7 Å². The molecular formula is C26H28N4O5. The van der Waals surface area contributed by atoms with Gasteiger partial charge in [0.25, 0.3) is 5.91 Å². The Morgan fingerprint density at radius 2 is 1.71 bits per heavy atom. The van der Waals surface area contributed by atoms with Crippen molar-refractivity contribution >= 4 is 23.8 Å². The molecule has 1 atom stereocenters. The molecular weight excluding hydrogens is 448 g/mol. The van der Waals surface area contributed by atoms with Gasteiger partial charge in [0.05, 0.1) is 6.20 Å². The van der Waals surface area contributed by atoms with Gasteiger partial charge in [-0.1, -0.05) is 68.3 Å². The number of ether oxygens (including phenoxy) is 1. The summed E-state index contributed by atoms with van der Waals surface area (Å²) in [6, 6.07) is 15.0. The molecule has 0 aliphatic heterocycles. The summed E-state index contributed by atoms with van der Waals surface area (Å²) in [5, 5.41) is 18.5. The minimum atomic E-state index is -1.11. The number of amides is 2. The smallest absolute Gasteiger partial charge is 0.412 e. The first-order chi connectivity index (χ1) is 16.9. The Morgan fingerprint density at radius 3 is 2.31 bits per heavy atom. The summed E-state index contributed by atoms with van der Waals surface area (Å²) in [5.41, 5.74) is 4.49. The molecule has 3 N–H and O–H groups in total. The van der Waals surface area contributed by atoms with Crippen molar-refractivity contribution in [3.05, 3.63) is 71.4 Å². The SMILES string of the molecule is CCCC[C@H](NC(=O)c1cnn(C)c1NC(=O)OCC1c2ccccc2-c2ccccc21)C(=O)O. The monoisotopic (exact) mass is 476 g/mol. The molecule has 1 aromatic heterocycles. The van der Waals surface area contributed by atoms with E-state index in [9.17, 15) is 19.5 Å². The topological polar surface area (TPSA) is 123 Å². The molecule has 1 aliphatic carbocycles. The summed E-state index contributed by atoms with van der Waals surface area (Å²) in [5.74, 6) is -1.71. The second-order valence-corrected chi connectivity index (χ2v) is 8.49. The van der Waals surface area contributed by atoms with Crippen LogP contribution in [0.25, 0.3) is 11.1 Å². The average molecular weight is 477 g/mol. The molecule has 1 heterocycles. The maximum absolute atomic E-state index is 12.8. The van der Waals surface area contributed by atoms with Crippen LogP contribution in [0.5, 0.6) is 0 Å². The van der Waals surface area contributed by atoms with Crippen LogP contribution in [0.1, 0.15) is 53.6 Å². The summed E-state index contributed by atoms with van der Waals surface area (Å²) >= 11 is 0. The molecule has 0 radical (unpaired) electrons. The van der Waals surface area contributed by atoms with Crippen molar-refractivity contribution in [2.45, 2.75) is 38.1 Å². The van der Waals surface area contributed by atoms with Crippen LogP contribution in [0.3, 0.4) is 0 Å². The molecule has 182 valence electrons. The molecule has 9 heteroatoms. The lowest BCUT2D eigenvalue weighted by Gasteiger charge is -2.16. The molecule has 0 fully saturated rings. The Hall–Kier alpha value is -4.14. The Balaban J connectivity index is 1.44. The van der Waals surface area contributed by atoms with Crippen LogP contribution in [-0.2, 0) is 16.6 Å². The molecule has 0 bridgehead atoms. The van der Waals surface area contributed by atoms with Crippen molar-refractivity contribution < 1.29 is 24.2 Å². The molecule has 0 saturated carbocycles. The van der Waals surface area contributed by atoms with Crippen molar-refractivity contribution in [2.24, 2.45) is 7.05 Å². The number of carboxylic acids is 1. The van der Waals surface area contributed by atoms with Gasteiger partial charge >= 0.3 is 12.1 Å². The van der Waals surface area contributed by atoms with Gasteiger partial charge in [0, 0.05) is 13.0 Å². The summed E-state index contributed by atoms with van der Waals surface area (Å²) in [4.78, 5) is 37.0. The van der Waals surface area contributed by atoms with Crippen molar-refractivity contribution in [1.29, 1.82) is 0 Å². The van der Waals surface area contributed by atoms with Gasteiger partial charge < -0.3 is 15.2 Å². The number of aliphatic carboxylic acids is 1. The van der Waals surface area contributed by atoms with E-state index < -0.39 is 24.0 Å². The number of aryl methyl sites for hydroxylation is 1. The van der Waals surface area contributed by atoms with Crippen LogP contribution in [0.4, 0.5) is 10.6 Å². The third-order valence-electron chi connectivity index (χ3n) is 6.20. The number of rotatable bonds is 9. The molecule has 0 spiro atoms. The van der Waals surface area contributed by atoms with Crippen molar-refractivity contribution in [1.82, 2.24) is 15.1 Å². The Labute approximate surface area is 203 Å². The van der Waals surface area contributed by atoms with Crippen LogP contribution in [0.15, 0.2) is 54.7 Å². The normalized spacial score (nSPS) is 13.0. The van der Waals surface area contributed by atoms with E-state index in [0.717, 1.165) is 28.7 Å². The zero-order valence-electron chi connectivity index (χ0n) is 19.7. The van der Waals surface area contributed by atoms with Crippen molar-refractivity contribution in [2.75, 3.05) is 11.9 Å². The average Bonchev–Trinajstić information content (AvgIpc) is 3.37. The van der Waals surface area contributed by atoms with Gasteiger partial charge in [-0.15, -0.1) is 0 Å². The number of carbonyl (C=O) groups excluding carboxylic acids is 2. The van der Waals surface area contributed by atoms with Gasteiger partial charge in [-0.2, -0.15) is 5.10 Å². The van der Waals surface area contributed by atoms with E-state index in [1.807, 2.05) is 43.3 Å². The van der Waals surface area contributed by atoms with Gasteiger partial charge in [0.15, 0.2) is 0 Å². The number of nitrogens with zero attached hydrogens (tertiary/aromatic N) is 2. The van der Waals surface area contributed by atoms with E-state index in [-0.39, 0.29) is 23.9 Å². The predicted molar refractivity (Wildman–Crippen MR) is 130 cm³/mol. The highest BCUT2D eigenvalue weighted by molar-refractivity contribution is 6.02. The van der Waals surface area contributed by atoms with Crippen LogP contribution in [0.2, 0.25) is 0 Å². The number of fused-ring (bicyclic) bond motifs is 3. The number of unbranched alkanes of at least 4 members (excludes halogenated alkanes) is 1. The summed E-state index contributed by atoms with van der Waals surface area (Å²) in [6.07, 6.45) is 2.33. The molecule has 2 aromatic carbocycles. The predicted octanol–water partition coefficient (Wildman–Crippen LogP) is 4.15. The Morgan fingerprint density at radius 1 is 1.09 bits per heavy atom. The maximum atomic E-state index is 12.8. The fraction of sp³-hybridized carbons (Fsp3) is 0.308. The number of hydrogen-bond acceptors (Lipinski definition) is 5. The highest BCUT2D eigenvalue weighted by atomic mass is 16.5. The minimum Gasteiger partial charge on any atom is -0.480 e. The van der Waals surface area contributed by atoms with Crippen LogP contribution in [0, 0.1) is 0 Å². The van der Waals surface area contributed by atoms with Gasteiger partial charge in [-0.25, -0.2) is 9.59 Å².